The van der Waals surface area contributed by atoms with Crippen LogP contribution in [0.1, 0.15) is 24.2 Å². The van der Waals surface area contributed by atoms with Crippen LogP contribution in [0.4, 0.5) is 14.9 Å². The minimum absolute atomic E-state index is 0.171. The van der Waals surface area contributed by atoms with E-state index in [1.165, 1.54) is 0 Å². The number of carboxylic acid groups (broad SMARTS) is 1. The van der Waals surface area contributed by atoms with E-state index in [2.05, 4.69) is 10.6 Å². The number of primary amides is 1. The van der Waals surface area contributed by atoms with E-state index in [-0.39, 0.29) is 17.2 Å². The second kappa shape index (κ2) is 6.69. The number of carboxylic acids is 1. The summed E-state index contributed by atoms with van der Waals surface area (Å²) in [5.41, 5.74) is 4.52. The summed E-state index contributed by atoms with van der Waals surface area (Å²) in [6.07, 6.45) is 0. The zero-order valence-electron chi connectivity index (χ0n) is 11.5. The highest BCUT2D eigenvalue weighted by molar-refractivity contribution is 5.98. The summed E-state index contributed by atoms with van der Waals surface area (Å²) < 4.78 is 13.6. The number of amides is 3. The quantitative estimate of drug-likeness (QED) is 0.651. The summed E-state index contributed by atoms with van der Waals surface area (Å²) in [5.74, 6) is -3.01. The van der Waals surface area contributed by atoms with E-state index < -0.39 is 29.8 Å². The Bertz CT molecular complexity index is 575. The molecule has 1 aromatic rings. The van der Waals surface area contributed by atoms with E-state index in [1.54, 1.807) is 13.8 Å². The van der Waals surface area contributed by atoms with Crippen LogP contribution >= 0.6 is 0 Å². The lowest BCUT2D eigenvalue weighted by Crippen LogP contribution is -2.49. The Balaban J connectivity index is 2.97. The Labute approximate surface area is 120 Å². The molecule has 1 rings (SSSR count). The van der Waals surface area contributed by atoms with Gasteiger partial charge in [0.1, 0.15) is 11.9 Å². The lowest BCUT2D eigenvalue weighted by Gasteiger charge is -2.20. The van der Waals surface area contributed by atoms with Crippen molar-refractivity contribution >= 4 is 23.6 Å². The van der Waals surface area contributed by atoms with Gasteiger partial charge in [-0.3, -0.25) is 4.79 Å². The van der Waals surface area contributed by atoms with Gasteiger partial charge in [-0.05, 0) is 24.1 Å². The molecule has 0 radical (unpaired) electrons. The van der Waals surface area contributed by atoms with Gasteiger partial charge in [-0.25, -0.2) is 14.0 Å². The largest absolute Gasteiger partial charge is 0.478 e. The van der Waals surface area contributed by atoms with Crippen molar-refractivity contribution < 1.29 is 23.9 Å². The number of nitrogens with two attached hydrogens (primary N) is 1. The predicted octanol–water partition coefficient (Wildman–Crippen LogP) is 1.16. The maximum absolute atomic E-state index is 13.6. The summed E-state index contributed by atoms with van der Waals surface area (Å²) in [7, 11) is 0. The molecule has 0 saturated carbocycles. The second-order valence-electron chi connectivity index (χ2n) is 4.72. The van der Waals surface area contributed by atoms with Crippen LogP contribution in [0, 0.1) is 11.7 Å². The molecule has 1 aromatic carbocycles. The lowest BCUT2D eigenvalue weighted by molar-refractivity contribution is -0.118. The number of benzene rings is 1. The highest BCUT2D eigenvalue weighted by Crippen LogP contribution is 2.17. The standard InChI is InChI=1S/C13H16FN3O4/c1-6(2)10(17-13(15)21)11(18)16-9-5-7(12(19)20)3-4-8(9)14/h3-6,10H,1-2H3,(H,16,18)(H,19,20)(H3,15,17,21). The molecule has 8 heteroatoms. The van der Waals surface area contributed by atoms with E-state index in [1.807, 2.05) is 0 Å². The van der Waals surface area contributed by atoms with Crippen molar-refractivity contribution in [2.75, 3.05) is 5.32 Å². The third-order valence-corrected chi connectivity index (χ3v) is 2.72. The molecule has 1 unspecified atom stereocenters. The maximum atomic E-state index is 13.6. The van der Waals surface area contributed by atoms with Gasteiger partial charge in [0.15, 0.2) is 0 Å². The van der Waals surface area contributed by atoms with Crippen molar-refractivity contribution in [2.45, 2.75) is 19.9 Å². The van der Waals surface area contributed by atoms with Gasteiger partial charge >= 0.3 is 12.0 Å². The zero-order valence-corrected chi connectivity index (χ0v) is 11.5. The average Bonchev–Trinajstić information content (AvgIpc) is 2.37. The molecule has 0 fully saturated rings. The van der Waals surface area contributed by atoms with Crippen molar-refractivity contribution in [3.05, 3.63) is 29.6 Å². The number of aromatic carboxylic acids is 1. The summed E-state index contributed by atoms with van der Waals surface area (Å²) in [6.45, 7) is 3.34. The fraction of sp³-hybridized carbons (Fsp3) is 0.308. The van der Waals surface area contributed by atoms with Gasteiger partial charge in [0.05, 0.1) is 11.3 Å². The molecule has 7 nitrogen and oxygen atoms in total. The van der Waals surface area contributed by atoms with Crippen LogP contribution in [0.25, 0.3) is 0 Å². The molecular formula is C13H16FN3O4. The van der Waals surface area contributed by atoms with Crippen LogP contribution in [-0.2, 0) is 4.79 Å². The second-order valence-corrected chi connectivity index (χ2v) is 4.72. The summed E-state index contributed by atoms with van der Waals surface area (Å²) in [6, 6.07) is 1.16. The highest BCUT2D eigenvalue weighted by atomic mass is 19.1. The van der Waals surface area contributed by atoms with Crippen LogP contribution in [0.2, 0.25) is 0 Å². The van der Waals surface area contributed by atoms with Gasteiger partial charge in [-0.1, -0.05) is 13.8 Å². The van der Waals surface area contributed by atoms with Crippen molar-refractivity contribution in [2.24, 2.45) is 11.7 Å². The van der Waals surface area contributed by atoms with E-state index in [0.717, 1.165) is 18.2 Å². The predicted molar refractivity (Wildman–Crippen MR) is 73.3 cm³/mol. The first-order chi connectivity index (χ1) is 9.72. The molecule has 1 atom stereocenters. The third-order valence-electron chi connectivity index (χ3n) is 2.72. The minimum Gasteiger partial charge on any atom is -0.478 e. The van der Waals surface area contributed by atoms with Crippen molar-refractivity contribution in [3.63, 3.8) is 0 Å². The van der Waals surface area contributed by atoms with E-state index in [0.29, 0.717) is 0 Å². The van der Waals surface area contributed by atoms with Gasteiger partial charge in [0.2, 0.25) is 5.91 Å². The molecule has 0 aliphatic rings. The summed E-state index contributed by atoms with van der Waals surface area (Å²) in [4.78, 5) is 33.7. The fourth-order valence-electron chi connectivity index (χ4n) is 1.65. The van der Waals surface area contributed by atoms with Gasteiger partial charge in [-0.15, -0.1) is 0 Å². The molecular weight excluding hydrogens is 281 g/mol. The number of halogens is 1. The Kier molecular flexibility index (Phi) is 5.23. The van der Waals surface area contributed by atoms with E-state index in [9.17, 15) is 18.8 Å². The van der Waals surface area contributed by atoms with Gasteiger partial charge < -0.3 is 21.5 Å². The number of hydrogen-bond donors (Lipinski definition) is 4. The monoisotopic (exact) mass is 297 g/mol. The van der Waals surface area contributed by atoms with Crippen LogP contribution in [0.15, 0.2) is 18.2 Å². The number of anilines is 1. The van der Waals surface area contributed by atoms with Crippen molar-refractivity contribution in [1.82, 2.24) is 5.32 Å². The highest BCUT2D eigenvalue weighted by Gasteiger charge is 2.24. The topological polar surface area (TPSA) is 122 Å². The Morgan fingerprint density at radius 1 is 1.29 bits per heavy atom. The number of hydrogen-bond acceptors (Lipinski definition) is 3. The normalized spacial score (nSPS) is 11.8. The minimum atomic E-state index is -1.25. The van der Waals surface area contributed by atoms with Crippen LogP contribution < -0.4 is 16.4 Å². The van der Waals surface area contributed by atoms with Crippen LogP contribution in [0.3, 0.4) is 0 Å². The zero-order chi connectivity index (χ0) is 16.2. The molecule has 0 heterocycles. The Hall–Kier alpha value is -2.64. The molecule has 0 saturated heterocycles. The van der Waals surface area contributed by atoms with E-state index in [4.69, 9.17) is 10.8 Å². The van der Waals surface area contributed by atoms with Crippen molar-refractivity contribution in [3.8, 4) is 0 Å². The third kappa shape index (κ3) is 4.44. The number of carbonyl (C=O) groups excluding carboxylic acids is 2. The lowest BCUT2D eigenvalue weighted by atomic mass is 10.0. The molecule has 114 valence electrons. The number of urea groups is 1. The molecule has 5 N–H and O–H groups in total. The van der Waals surface area contributed by atoms with Gasteiger partial charge in [-0.2, -0.15) is 0 Å². The molecule has 0 bridgehead atoms. The first-order valence-corrected chi connectivity index (χ1v) is 6.12. The molecule has 0 aliphatic carbocycles. The smallest absolute Gasteiger partial charge is 0.335 e. The van der Waals surface area contributed by atoms with E-state index >= 15 is 0 Å². The fourth-order valence-corrected chi connectivity index (χ4v) is 1.65. The van der Waals surface area contributed by atoms with Gasteiger partial charge in [0.25, 0.3) is 0 Å². The van der Waals surface area contributed by atoms with Crippen LogP contribution in [-0.4, -0.2) is 29.1 Å². The molecule has 21 heavy (non-hydrogen) atoms. The molecule has 0 spiro atoms. The summed E-state index contributed by atoms with van der Waals surface area (Å²) in [5, 5.41) is 13.3. The SMILES string of the molecule is CC(C)C(NC(N)=O)C(=O)Nc1cc(C(=O)O)ccc1F. The number of carbonyl (C=O) groups is 3. The average molecular weight is 297 g/mol. The molecule has 0 aromatic heterocycles. The van der Waals surface area contributed by atoms with Crippen molar-refractivity contribution in [1.29, 1.82) is 0 Å². The maximum Gasteiger partial charge on any atom is 0.335 e. The number of rotatable bonds is 5. The Morgan fingerprint density at radius 3 is 2.38 bits per heavy atom. The Morgan fingerprint density at radius 2 is 1.90 bits per heavy atom. The molecule has 3 amide bonds. The first-order valence-electron chi connectivity index (χ1n) is 6.12. The van der Waals surface area contributed by atoms with Gasteiger partial charge in [0, 0.05) is 0 Å². The summed E-state index contributed by atoms with van der Waals surface area (Å²) >= 11 is 0. The first kappa shape index (κ1) is 16.4. The van der Waals surface area contributed by atoms with Crippen LogP contribution in [0.5, 0.6) is 0 Å². The number of nitrogens with one attached hydrogen (secondary N) is 2. The molecule has 0 aliphatic heterocycles.